The zero-order chi connectivity index (χ0) is 6.69. The molecule has 0 unspecified atom stereocenters. The van der Waals surface area contributed by atoms with E-state index in [1.807, 2.05) is 6.20 Å². The van der Waals surface area contributed by atoms with Crippen LogP contribution in [0.5, 0.6) is 0 Å². The Hall–Kier alpha value is 0.330. The van der Waals surface area contributed by atoms with Gasteiger partial charge >= 0.3 is 0 Å². The first-order chi connectivity index (χ1) is 4.33. The van der Waals surface area contributed by atoms with Crippen molar-refractivity contribution in [2.24, 2.45) is 0 Å². The third kappa shape index (κ3) is 2.20. The van der Waals surface area contributed by atoms with Gasteiger partial charge in [0.1, 0.15) is 6.73 Å². The van der Waals surface area contributed by atoms with Crippen LogP contribution in [0.1, 0.15) is 0 Å². The summed E-state index contributed by atoms with van der Waals surface area (Å²) in [7, 11) is 1.70. The van der Waals surface area contributed by atoms with Crippen LogP contribution in [0.25, 0.3) is 0 Å². The Kier molecular flexibility index (Phi) is 2.88. The van der Waals surface area contributed by atoms with Crippen LogP contribution in [0.15, 0.2) is 10.0 Å². The summed E-state index contributed by atoms with van der Waals surface area (Å²) in [6, 6.07) is 0. The first-order valence-corrected chi connectivity index (χ1v) is 4.34. The summed E-state index contributed by atoms with van der Waals surface area (Å²) < 4.78 is 6.10. The number of thioether (sulfide) groups is 1. The van der Waals surface area contributed by atoms with Gasteiger partial charge in [-0.15, -0.1) is 0 Å². The number of methoxy groups -OCH3 is 1. The molecule has 1 aliphatic heterocycles. The second kappa shape index (κ2) is 3.49. The highest BCUT2D eigenvalue weighted by Crippen LogP contribution is 2.29. The summed E-state index contributed by atoms with van der Waals surface area (Å²) in [6.45, 7) is 0.683. The summed E-state index contributed by atoms with van der Waals surface area (Å²) in [5, 5.41) is 0. The lowest BCUT2D eigenvalue weighted by Gasteiger charge is -2.10. The van der Waals surface area contributed by atoms with Crippen molar-refractivity contribution in [1.29, 1.82) is 0 Å². The average Bonchev–Trinajstić information content (AvgIpc) is 2.17. The van der Waals surface area contributed by atoms with E-state index in [9.17, 15) is 0 Å². The molecule has 0 aromatic carbocycles. The zero-order valence-corrected chi connectivity index (χ0v) is 7.54. The van der Waals surface area contributed by atoms with E-state index >= 15 is 0 Å². The maximum Gasteiger partial charge on any atom is 0.118 e. The lowest BCUT2D eigenvalue weighted by Crippen LogP contribution is -2.15. The predicted octanol–water partition coefficient (Wildman–Crippen LogP) is 1.79. The minimum Gasteiger partial charge on any atom is -0.364 e. The Morgan fingerprint density at radius 3 is 3.22 bits per heavy atom. The molecule has 0 bridgehead atoms. The maximum absolute atomic E-state index is 4.92. The van der Waals surface area contributed by atoms with E-state index < -0.39 is 0 Å². The predicted molar refractivity (Wildman–Crippen MR) is 43.2 cm³/mol. The van der Waals surface area contributed by atoms with Crippen molar-refractivity contribution in [2.75, 3.05) is 19.7 Å². The SMILES string of the molecule is COCN1C=C(Br)SC1. The van der Waals surface area contributed by atoms with Gasteiger partial charge in [0, 0.05) is 13.3 Å². The third-order valence-electron chi connectivity index (χ3n) is 0.947. The van der Waals surface area contributed by atoms with Crippen molar-refractivity contribution in [3.63, 3.8) is 0 Å². The number of ether oxygens (including phenoxy) is 1. The lowest BCUT2D eigenvalue weighted by atomic mass is 10.8. The van der Waals surface area contributed by atoms with Crippen molar-refractivity contribution in [3.8, 4) is 0 Å². The summed E-state index contributed by atoms with van der Waals surface area (Å²) in [4.78, 5) is 2.09. The number of rotatable bonds is 2. The quantitative estimate of drug-likeness (QED) is 0.689. The molecule has 1 heterocycles. The molecule has 0 N–H and O–H groups in total. The number of nitrogens with zero attached hydrogens (tertiary/aromatic N) is 1. The van der Waals surface area contributed by atoms with E-state index in [-0.39, 0.29) is 0 Å². The Bertz CT molecular complexity index is 128. The normalized spacial score (nSPS) is 18.4. The van der Waals surface area contributed by atoms with Crippen LogP contribution < -0.4 is 0 Å². The van der Waals surface area contributed by atoms with Crippen LogP contribution in [0.2, 0.25) is 0 Å². The first kappa shape index (κ1) is 7.44. The lowest BCUT2D eigenvalue weighted by molar-refractivity contribution is 0.110. The Morgan fingerprint density at radius 1 is 2.00 bits per heavy atom. The Morgan fingerprint density at radius 2 is 2.78 bits per heavy atom. The second-order valence-electron chi connectivity index (χ2n) is 1.71. The smallest absolute Gasteiger partial charge is 0.118 e. The molecule has 52 valence electrons. The minimum atomic E-state index is 0.683. The number of halogens is 1. The topological polar surface area (TPSA) is 12.5 Å². The highest BCUT2D eigenvalue weighted by molar-refractivity contribution is 9.14. The maximum atomic E-state index is 4.92. The third-order valence-corrected chi connectivity index (χ3v) is 2.68. The van der Waals surface area contributed by atoms with Gasteiger partial charge < -0.3 is 9.64 Å². The summed E-state index contributed by atoms with van der Waals surface area (Å²) in [5.41, 5.74) is 0. The van der Waals surface area contributed by atoms with E-state index in [0.29, 0.717) is 6.73 Å². The molecule has 9 heavy (non-hydrogen) atoms. The molecular weight excluding hydrogens is 202 g/mol. The Labute approximate surface area is 67.4 Å². The fraction of sp³-hybridized carbons (Fsp3) is 0.600. The minimum absolute atomic E-state index is 0.683. The average molecular weight is 210 g/mol. The van der Waals surface area contributed by atoms with E-state index in [1.54, 1.807) is 18.9 Å². The first-order valence-electron chi connectivity index (χ1n) is 2.56. The molecule has 1 aliphatic rings. The van der Waals surface area contributed by atoms with Crippen molar-refractivity contribution in [1.82, 2.24) is 4.90 Å². The van der Waals surface area contributed by atoms with E-state index in [2.05, 4.69) is 20.8 Å². The molecule has 1 rings (SSSR count). The summed E-state index contributed by atoms with van der Waals surface area (Å²) in [6.07, 6.45) is 2.04. The molecule has 4 heteroatoms. The fourth-order valence-corrected chi connectivity index (χ4v) is 1.86. The molecule has 0 spiro atoms. The highest BCUT2D eigenvalue weighted by Gasteiger charge is 2.08. The summed E-state index contributed by atoms with van der Waals surface area (Å²) in [5.74, 6) is 0.994. The Balaban J connectivity index is 2.29. The van der Waals surface area contributed by atoms with Crippen LogP contribution in [-0.4, -0.2) is 24.6 Å². The summed E-state index contributed by atoms with van der Waals surface area (Å²) >= 11 is 5.14. The number of hydrogen-bond donors (Lipinski definition) is 0. The van der Waals surface area contributed by atoms with E-state index in [1.165, 1.54) is 3.81 Å². The molecule has 0 amide bonds. The molecule has 0 aliphatic carbocycles. The molecule has 0 fully saturated rings. The van der Waals surface area contributed by atoms with Crippen LogP contribution in [0.4, 0.5) is 0 Å². The van der Waals surface area contributed by atoms with Gasteiger partial charge in [0.15, 0.2) is 0 Å². The largest absolute Gasteiger partial charge is 0.364 e. The van der Waals surface area contributed by atoms with Crippen molar-refractivity contribution in [2.45, 2.75) is 0 Å². The van der Waals surface area contributed by atoms with Crippen LogP contribution >= 0.6 is 27.7 Å². The van der Waals surface area contributed by atoms with Gasteiger partial charge in [-0.2, -0.15) is 0 Å². The van der Waals surface area contributed by atoms with Gasteiger partial charge in [-0.25, -0.2) is 0 Å². The molecule has 0 radical (unpaired) electrons. The van der Waals surface area contributed by atoms with Gasteiger partial charge in [0.2, 0.25) is 0 Å². The van der Waals surface area contributed by atoms with Gasteiger partial charge in [-0.05, 0) is 15.9 Å². The molecule has 2 nitrogen and oxygen atoms in total. The van der Waals surface area contributed by atoms with E-state index in [4.69, 9.17) is 4.74 Å². The van der Waals surface area contributed by atoms with Crippen molar-refractivity contribution >= 4 is 27.7 Å². The fourth-order valence-electron chi connectivity index (χ4n) is 0.603. The molecule has 0 aromatic heterocycles. The highest BCUT2D eigenvalue weighted by atomic mass is 79.9. The molecule has 0 saturated carbocycles. The second-order valence-corrected chi connectivity index (χ2v) is 4.08. The standard InChI is InChI=1S/C5H8BrNOS/c1-8-3-7-2-5(6)9-4-7/h2H,3-4H2,1H3. The molecular formula is C5H8BrNOS. The molecule has 0 saturated heterocycles. The number of hydrogen-bond acceptors (Lipinski definition) is 3. The van der Waals surface area contributed by atoms with Gasteiger partial charge in [0.05, 0.1) is 9.69 Å². The van der Waals surface area contributed by atoms with Crippen molar-refractivity contribution in [3.05, 3.63) is 10.0 Å². The van der Waals surface area contributed by atoms with Crippen LogP contribution in [0.3, 0.4) is 0 Å². The molecule has 0 aromatic rings. The van der Waals surface area contributed by atoms with Crippen molar-refractivity contribution < 1.29 is 4.74 Å². The van der Waals surface area contributed by atoms with Gasteiger partial charge in [-0.1, -0.05) is 11.8 Å². The van der Waals surface area contributed by atoms with E-state index in [0.717, 1.165) is 5.88 Å². The van der Waals surface area contributed by atoms with Gasteiger partial charge in [-0.3, -0.25) is 0 Å². The van der Waals surface area contributed by atoms with Gasteiger partial charge in [0.25, 0.3) is 0 Å². The monoisotopic (exact) mass is 209 g/mol. The van der Waals surface area contributed by atoms with Crippen LogP contribution in [0, 0.1) is 0 Å². The molecule has 0 atom stereocenters. The zero-order valence-electron chi connectivity index (χ0n) is 5.13. The van der Waals surface area contributed by atoms with Crippen LogP contribution in [-0.2, 0) is 4.74 Å².